The summed E-state index contributed by atoms with van der Waals surface area (Å²) in [5, 5.41) is 0. The zero-order valence-corrected chi connectivity index (χ0v) is 9.52. The third kappa shape index (κ3) is 0.940. The highest BCUT2D eigenvalue weighted by Crippen LogP contribution is 2.66. The van der Waals surface area contributed by atoms with Gasteiger partial charge in [0.05, 0.1) is 0 Å². The van der Waals surface area contributed by atoms with Gasteiger partial charge in [-0.3, -0.25) is 0 Å². The Morgan fingerprint density at radius 2 is 1.93 bits per heavy atom. The van der Waals surface area contributed by atoms with Crippen molar-refractivity contribution in [2.45, 2.75) is 32.6 Å². The number of fused-ring (bicyclic) bond motifs is 9. The van der Waals surface area contributed by atoms with Gasteiger partial charge in [0.25, 0.3) is 0 Å². The lowest BCUT2D eigenvalue weighted by Crippen LogP contribution is -2.27. The first kappa shape index (κ1) is 8.61. The first-order valence-corrected chi connectivity index (χ1v) is 6.73. The van der Waals surface area contributed by atoms with Crippen LogP contribution in [0.4, 0.5) is 0 Å². The molecule has 15 heavy (non-hydrogen) atoms. The van der Waals surface area contributed by atoms with Gasteiger partial charge in [-0.25, -0.2) is 0 Å². The van der Waals surface area contributed by atoms with Crippen LogP contribution in [0.15, 0.2) is 23.8 Å². The summed E-state index contributed by atoms with van der Waals surface area (Å²) in [6.45, 7) is 2.16. The highest BCUT2D eigenvalue weighted by atomic mass is 14.6. The van der Waals surface area contributed by atoms with Crippen molar-refractivity contribution in [2.75, 3.05) is 0 Å². The van der Waals surface area contributed by atoms with Gasteiger partial charge in [0, 0.05) is 0 Å². The summed E-state index contributed by atoms with van der Waals surface area (Å²) in [4.78, 5) is 0. The molecule has 0 aliphatic heterocycles. The van der Waals surface area contributed by atoms with E-state index in [2.05, 4.69) is 25.2 Å². The Morgan fingerprint density at radius 3 is 2.73 bits per heavy atom. The average Bonchev–Trinajstić information content (AvgIpc) is 2.95. The predicted octanol–water partition coefficient (Wildman–Crippen LogP) is 3.80. The molecule has 0 saturated heterocycles. The molecule has 0 radical (unpaired) electrons. The molecule has 80 valence electrons. The molecule has 0 N–H and O–H groups in total. The van der Waals surface area contributed by atoms with Crippen molar-refractivity contribution < 1.29 is 0 Å². The Balaban J connectivity index is 1.72. The molecule has 0 aromatic carbocycles. The summed E-state index contributed by atoms with van der Waals surface area (Å²) in [5.74, 6) is 6.39. The van der Waals surface area contributed by atoms with Crippen molar-refractivity contribution in [3.8, 4) is 0 Å². The maximum Gasteiger partial charge on any atom is -0.0125 e. The van der Waals surface area contributed by atoms with Gasteiger partial charge in [-0.05, 0) is 73.7 Å². The molecular formula is C15H20. The lowest BCUT2D eigenvalue weighted by atomic mass is 9.71. The topological polar surface area (TPSA) is 0 Å². The van der Waals surface area contributed by atoms with Gasteiger partial charge in [-0.1, -0.05) is 18.2 Å². The van der Waals surface area contributed by atoms with Gasteiger partial charge in [-0.2, -0.15) is 0 Å². The molecular weight excluding hydrogens is 180 g/mol. The van der Waals surface area contributed by atoms with Gasteiger partial charge in [0.2, 0.25) is 0 Å². The summed E-state index contributed by atoms with van der Waals surface area (Å²) in [6.07, 6.45) is 13.4. The van der Waals surface area contributed by atoms with Crippen molar-refractivity contribution in [1.82, 2.24) is 0 Å². The highest BCUT2D eigenvalue weighted by Gasteiger charge is 2.59. The van der Waals surface area contributed by atoms with Gasteiger partial charge < -0.3 is 0 Å². The van der Waals surface area contributed by atoms with E-state index in [0.717, 1.165) is 35.5 Å². The minimum Gasteiger partial charge on any atom is -0.0874 e. The quantitative estimate of drug-likeness (QED) is 0.565. The third-order valence-corrected chi connectivity index (χ3v) is 5.73. The van der Waals surface area contributed by atoms with Crippen LogP contribution in [0.2, 0.25) is 0 Å². The van der Waals surface area contributed by atoms with Crippen LogP contribution < -0.4 is 0 Å². The monoisotopic (exact) mass is 200 g/mol. The lowest BCUT2D eigenvalue weighted by Gasteiger charge is -2.33. The molecule has 6 unspecified atom stereocenters. The second-order valence-corrected chi connectivity index (χ2v) is 6.16. The second-order valence-electron chi connectivity index (χ2n) is 6.16. The molecule has 0 spiro atoms. The molecule has 0 aromatic rings. The molecule has 0 aromatic heterocycles. The smallest absolute Gasteiger partial charge is 0.0125 e. The SMILES string of the molecule is CC=CC1=CC2CC1C1C3CCC(C3)C21. The maximum atomic E-state index is 2.62. The summed E-state index contributed by atoms with van der Waals surface area (Å²) >= 11 is 0. The van der Waals surface area contributed by atoms with Crippen molar-refractivity contribution in [2.24, 2.45) is 35.5 Å². The minimum absolute atomic E-state index is 0.964. The first-order chi connectivity index (χ1) is 7.38. The molecule has 3 fully saturated rings. The molecule has 4 aliphatic rings. The molecule has 4 rings (SSSR count). The van der Waals surface area contributed by atoms with E-state index in [9.17, 15) is 0 Å². The van der Waals surface area contributed by atoms with E-state index in [4.69, 9.17) is 0 Å². The second kappa shape index (κ2) is 2.78. The summed E-state index contributed by atoms with van der Waals surface area (Å²) in [5.41, 5.74) is 1.69. The number of hydrogen-bond acceptors (Lipinski definition) is 0. The van der Waals surface area contributed by atoms with Gasteiger partial charge in [0.1, 0.15) is 0 Å². The predicted molar refractivity (Wildman–Crippen MR) is 62.3 cm³/mol. The van der Waals surface area contributed by atoms with Crippen LogP contribution in [-0.2, 0) is 0 Å². The van der Waals surface area contributed by atoms with Crippen molar-refractivity contribution >= 4 is 0 Å². The fraction of sp³-hybridized carbons (Fsp3) is 0.733. The normalized spacial score (nSPS) is 55.4. The van der Waals surface area contributed by atoms with Crippen LogP contribution in [0.3, 0.4) is 0 Å². The van der Waals surface area contributed by atoms with E-state index in [0.29, 0.717) is 0 Å². The number of rotatable bonds is 1. The Labute approximate surface area is 92.4 Å². The Hall–Kier alpha value is -0.520. The first-order valence-electron chi connectivity index (χ1n) is 6.73. The summed E-state index contributed by atoms with van der Waals surface area (Å²) in [7, 11) is 0. The van der Waals surface area contributed by atoms with E-state index < -0.39 is 0 Å². The Kier molecular flexibility index (Phi) is 1.60. The summed E-state index contributed by atoms with van der Waals surface area (Å²) in [6, 6.07) is 0. The molecule has 0 heterocycles. The number of allylic oxidation sites excluding steroid dienone is 4. The summed E-state index contributed by atoms with van der Waals surface area (Å²) < 4.78 is 0. The third-order valence-electron chi connectivity index (χ3n) is 5.73. The average molecular weight is 200 g/mol. The minimum atomic E-state index is 0.964. The molecule has 3 saturated carbocycles. The van der Waals surface area contributed by atoms with E-state index >= 15 is 0 Å². The van der Waals surface area contributed by atoms with E-state index in [1.807, 2.05) is 0 Å². The standard InChI is InChI=1S/C15H20/c1-2-3-9-6-12-8-13(9)15-11-5-4-10(7-11)14(12)15/h2-3,6,10-15H,4-5,7-8H2,1H3. The number of hydrogen-bond donors (Lipinski definition) is 0. The Bertz CT molecular complexity index is 349. The van der Waals surface area contributed by atoms with Crippen molar-refractivity contribution in [3.63, 3.8) is 0 Å². The Morgan fingerprint density at radius 1 is 1.13 bits per heavy atom. The van der Waals surface area contributed by atoms with Crippen molar-refractivity contribution in [3.05, 3.63) is 23.8 Å². The van der Waals surface area contributed by atoms with Crippen LogP contribution in [0, 0.1) is 35.5 Å². The fourth-order valence-electron chi connectivity index (χ4n) is 5.50. The molecule has 4 bridgehead atoms. The lowest BCUT2D eigenvalue weighted by molar-refractivity contribution is 0.202. The van der Waals surface area contributed by atoms with Crippen LogP contribution >= 0.6 is 0 Å². The highest BCUT2D eigenvalue weighted by molar-refractivity contribution is 5.34. The largest absolute Gasteiger partial charge is 0.0874 e. The van der Waals surface area contributed by atoms with Crippen LogP contribution in [0.5, 0.6) is 0 Å². The fourth-order valence-corrected chi connectivity index (χ4v) is 5.50. The van der Waals surface area contributed by atoms with Gasteiger partial charge >= 0.3 is 0 Å². The molecule has 0 amide bonds. The van der Waals surface area contributed by atoms with E-state index in [-0.39, 0.29) is 0 Å². The van der Waals surface area contributed by atoms with Crippen molar-refractivity contribution in [1.29, 1.82) is 0 Å². The van der Waals surface area contributed by atoms with Crippen LogP contribution in [0.1, 0.15) is 32.6 Å². The molecule has 4 aliphatic carbocycles. The molecule has 6 atom stereocenters. The maximum absolute atomic E-state index is 2.62. The molecule has 0 nitrogen and oxygen atoms in total. The van der Waals surface area contributed by atoms with Gasteiger partial charge in [-0.15, -0.1) is 0 Å². The van der Waals surface area contributed by atoms with Gasteiger partial charge in [0.15, 0.2) is 0 Å². The zero-order valence-electron chi connectivity index (χ0n) is 9.52. The van der Waals surface area contributed by atoms with E-state index in [1.165, 1.54) is 6.42 Å². The van der Waals surface area contributed by atoms with Crippen LogP contribution in [0.25, 0.3) is 0 Å². The van der Waals surface area contributed by atoms with Crippen LogP contribution in [-0.4, -0.2) is 0 Å². The molecule has 0 heteroatoms. The zero-order chi connectivity index (χ0) is 9.99. The van der Waals surface area contributed by atoms with E-state index in [1.54, 1.807) is 24.8 Å².